The van der Waals surface area contributed by atoms with Gasteiger partial charge in [0.2, 0.25) is 0 Å². The fourth-order valence-corrected chi connectivity index (χ4v) is 2.46. The van der Waals surface area contributed by atoms with E-state index >= 15 is 0 Å². The number of rotatable bonds is 3. The lowest BCUT2D eigenvalue weighted by Crippen LogP contribution is -2.24. The summed E-state index contributed by atoms with van der Waals surface area (Å²) < 4.78 is 5.40. The van der Waals surface area contributed by atoms with Crippen molar-refractivity contribution in [2.24, 2.45) is 0 Å². The van der Waals surface area contributed by atoms with E-state index in [0.717, 1.165) is 0 Å². The normalized spacial score (nSPS) is 12.2. The molecule has 88 valence electrons. The summed E-state index contributed by atoms with van der Waals surface area (Å²) in [6, 6.07) is 3.26. The van der Waals surface area contributed by atoms with E-state index in [1.54, 1.807) is 12.1 Å². The maximum atomic E-state index is 11.0. The number of ether oxygens (including phenoxy) is 1. The number of aliphatic hydroxyl groups is 1. The number of hydrogen-bond donors (Lipinski definition) is 2. The number of carbonyl (C=O) groups is 1. The zero-order valence-corrected chi connectivity index (χ0v) is 11.6. The molecule has 2 N–H and O–H groups in total. The van der Waals surface area contributed by atoms with Gasteiger partial charge in [0.15, 0.2) is 6.10 Å². The number of phenols is 1. The third-order valence-corrected chi connectivity index (χ3v) is 3.19. The van der Waals surface area contributed by atoms with Gasteiger partial charge in [-0.05, 0) is 49.6 Å². The van der Waals surface area contributed by atoms with Gasteiger partial charge in [-0.2, -0.15) is 0 Å². The van der Waals surface area contributed by atoms with Gasteiger partial charge in [0, 0.05) is 6.42 Å². The average molecular weight is 354 g/mol. The fraction of sp³-hybridized carbons (Fsp3) is 0.300. The first-order valence-corrected chi connectivity index (χ1v) is 5.97. The zero-order valence-electron chi connectivity index (χ0n) is 8.41. The molecule has 0 aliphatic rings. The maximum Gasteiger partial charge on any atom is 0.335 e. The quantitative estimate of drug-likeness (QED) is 0.815. The van der Waals surface area contributed by atoms with E-state index in [2.05, 4.69) is 36.6 Å². The Kier molecular flexibility index (Phi) is 4.76. The molecule has 0 aliphatic carbocycles. The fourth-order valence-electron chi connectivity index (χ4n) is 1.18. The Morgan fingerprint density at radius 3 is 2.38 bits per heavy atom. The number of esters is 1. The van der Waals surface area contributed by atoms with Gasteiger partial charge in [0.05, 0.1) is 16.1 Å². The van der Waals surface area contributed by atoms with Gasteiger partial charge in [-0.25, -0.2) is 4.79 Å². The van der Waals surface area contributed by atoms with Crippen molar-refractivity contribution in [2.45, 2.75) is 12.5 Å². The van der Waals surface area contributed by atoms with Crippen molar-refractivity contribution in [1.29, 1.82) is 0 Å². The number of hydrogen-bond acceptors (Lipinski definition) is 4. The van der Waals surface area contributed by atoms with E-state index in [4.69, 9.17) is 0 Å². The minimum Gasteiger partial charge on any atom is -0.506 e. The topological polar surface area (TPSA) is 66.8 Å². The molecule has 1 aromatic carbocycles. The van der Waals surface area contributed by atoms with Crippen molar-refractivity contribution in [1.82, 2.24) is 0 Å². The number of aromatic hydroxyl groups is 1. The second-order valence-corrected chi connectivity index (χ2v) is 4.86. The highest BCUT2D eigenvalue weighted by molar-refractivity contribution is 9.11. The predicted octanol–water partition coefficient (Wildman–Crippen LogP) is 1.99. The molecular weight excluding hydrogens is 344 g/mol. The number of benzene rings is 1. The van der Waals surface area contributed by atoms with Crippen LogP contribution in [0.1, 0.15) is 5.56 Å². The summed E-state index contributed by atoms with van der Waals surface area (Å²) in [5, 5.41) is 18.9. The second-order valence-electron chi connectivity index (χ2n) is 3.15. The Hall–Kier alpha value is -0.590. The summed E-state index contributed by atoms with van der Waals surface area (Å²) >= 11 is 6.33. The molecule has 0 heterocycles. The molecule has 0 aliphatic heterocycles. The third-order valence-electron chi connectivity index (χ3n) is 1.98. The highest BCUT2D eigenvalue weighted by atomic mass is 79.9. The van der Waals surface area contributed by atoms with Crippen molar-refractivity contribution >= 4 is 37.8 Å². The molecule has 6 heteroatoms. The summed E-state index contributed by atoms with van der Waals surface area (Å²) in [6.07, 6.45) is -1.07. The molecule has 4 nitrogen and oxygen atoms in total. The first-order chi connectivity index (χ1) is 7.45. The van der Waals surface area contributed by atoms with Gasteiger partial charge in [-0.3, -0.25) is 0 Å². The van der Waals surface area contributed by atoms with Crippen LogP contribution in [0.25, 0.3) is 0 Å². The van der Waals surface area contributed by atoms with Crippen LogP contribution in [0.4, 0.5) is 0 Å². The molecule has 0 radical (unpaired) electrons. The smallest absolute Gasteiger partial charge is 0.335 e. The molecule has 0 amide bonds. The van der Waals surface area contributed by atoms with Gasteiger partial charge in [-0.15, -0.1) is 0 Å². The van der Waals surface area contributed by atoms with Crippen LogP contribution in [-0.4, -0.2) is 29.4 Å². The lowest BCUT2D eigenvalue weighted by molar-refractivity contribution is -0.150. The van der Waals surface area contributed by atoms with E-state index < -0.39 is 12.1 Å². The van der Waals surface area contributed by atoms with E-state index in [9.17, 15) is 15.0 Å². The molecule has 0 saturated heterocycles. The number of methoxy groups -OCH3 is 1. The van der Waals surface area contributed by atoms with E-state index in [-0.39, 0.29) is 12.2 Å². The molecular formula is C10H10Br2O4. The number of halogens is 2. The molecule has 0 bridgehead atoms. The minimum absolute atomic E-state index is 0.0799. The summed E-state index contributed by atoms with van der Waals surface area (Å²) in [5.74, 6) is -0.600. The van der Waals surface area contributed by atoms with Gasteiger partial charge in [-0.1, -0.05) is 0 Å². The van der Waals surface area contributed by atoms with Crippen molar-refractivity contribution in [2.75, 3.05) is 7.11 Å². The Labute approximate surface area is 109 Å². The maximum absolute atomic E-state index is 11.0. The van der Waals surface area contributed by atoms with Crippen LogP contribution in [0.5, 0.6) is 5.75 Å². The first-order valence-electron chi connectivity index (χ1n) is 4.38. The zero-order chi connectivity index (χ0) is 12.3. The molecule has 0 fully saturated rings. The molecule has 0 saturated carbocycles. The molecule has 0 spiro atoms. The van der Waals surface area contributed by atoms with Crippen LogP contribution in [0.3, 0.4) is 0 Å². The van der Waals surface area contributed by atoms with Crippen LogP contribution < -0.4 is 0 Å². The monoisotopic (exact) mass is 352 g/mol. The van der Waals surface area contributed by atoms with Crippen molar-refractivity contribution in [3.05, 3.63) is 26.6 Å². The standard InChI is InChI=1S/C10H10Br2O4/c1-16-10(15)8(13)4-5-2-6(11)9(14)7(12)3-5/h2-3,8,13-14H,4H2,1H3/t8-/m0/s1. The van der Waals surface area contributed by atoms with Crippen molar-refractivity contribution < 1.29 is 19.7 Å². The molecule has 16 heavy (non-hydrogen) atoms. The molecule has 1 atom stereocenters. The van der Waals surface area contributed by atoms with Crippen LogP contribution in [0, 0.1) is 0 Å². The van der Waals surface area contributed by atoms with Gasteiger partial charge >= 0.3 is 5.97 Å². The highest BCUT2D eigenvalue weighted by Gasteiger charge is 2.17. The van der Waals surface area contributed by atoms with Crippen LogP contribution in [0.2, 0.25) is 0 Å². The minimum atomic E-state index is -1.20. The van der Waals surface area contributed by atoms with Gasteiger partial charge in [0.1, 0.15) is 5.75 Å². The summed E-state index contributed by atoms with van der Waals surface area (Å²) in [7, 11) is 1.22. The number of aliphatic hydroxyl groups excluding tert-OH is 1. The van der Waals surface area contributed by atoms with Gasteiger partial charge < -0.3 is 14.9 Å². The average Bonchev–Trinajstić information content (AvgIpc) is 2.24. The lowest BCUT2D eigenvalue weighted by atomic mass is 10.1. The Bertz CT molecular complexity index is 383. The van der Waals surface area contributed by atoms with Crippen LogP contribution >= 0.6 is 31.9 Å². The summed E-state index contributed by atoms with van der Waals surface area (Å²) in [6.45, 7) is 0. The molecule has 0 unspecified atom stereocenters. The summed E-state index contributed by atoms with van der Waals surface area (Å²) in [4.78, 5) is 11.0. The van der Waals surface area contributed by atoms with E-state index in [1.165, 1.54) is 7.11 Å². The largest absolute Gasteiger partial charge is 0.506 e. The molecule has 1 rings (SSSR count). The van der Waals surface area contributed by atoms with Gasteiger partial charge in [0.25, 0.3) is 0 Å². The predicted molar refractivity (Wildman–Crippen MR) is 65.2 cm³/mol. The van der Waals surface area contributed by atoms with E-state index in [0.29, 0.717) is 14.5 Å². The second kappa shape index (κ2) is 5.65. The summed E-state index contributed by atoms with van der Waals surface area (Å²) in [5.41, 5.74) is 0.703. The molecule has 1 aromatic rings. The lowest BCUT2D eigenvalue weighted by Gasteiger charge is -2.10. The first kappa shape index (κ1) is 13.5. The van der Waals surface area contributed by atoms with Crippen LogP contribution in [-0.2, 0) is 16.0 Å². The Morgan fingerprint density at radius 1 is 1.44 bits per heavy atom. The van der Waals surface area contributed by atoms with Crippen LogP contribution in [0.15, 0.2) is 21.1 Å². The van der Waals surface area contributed by atoms with E-state index in [1.807, 2.05) is 0 Å². The Balaban J connectivity index is 2.86. The Morgan fingerprint density at radius 2 is 1.94 bits per heavy atom. The van der Waals surface area contributed by atoms with Crippen molar-refractivity contribution in [3.63, 3.8) is 0 Å². The molecule has 0 aromatic heterocycles. The van der Waals surface area contributed by atoms with Crippen molar-refractivity contribution in [3.8, 4) is 5.75 Å². The highest BCUT2D eigenvalue weighted by Crippen LogP contribution is 2.33. The SMILES string of the molecule is COC(=O)[C@@H](O)Cc1cc(Br)c(O)c(Br)c1. The number of phenolic OH excluding ortho intramolecular Hbond substituents is 1. The number of carbonyl (C=O) groups excluding carboxylic acids is 1. The third kappa shape index (κ3) is 3.20.